The van der Waals surface area contributed by atoms with Crippen LogP contribution in [-0.2, 0) is 16.0 Å². The van der Waals surface area contributed by atoms with Crippen molar-refractivity contribution >= 4 is 5.97 Å². The molecule has 1 aromatic carbocycles. The second-order valence-electron chi connectivity index (χ2n) is 4.15. The molecule has 2 N–H and O–H groups in total. The second-order valence-corrected chi connectivity index (χ2v) is 4.15. The minimum atomic E-state index is -0.280. The van der Waals surface area contributed by atoms with Crippen LogP contribution in [0.5, 0.6) is 5.75 Å². The molecule has 0 aromatic heterocycles. The molecule has 0 heterocycles. The average molecular weight is 251 g/mol. The topological polar surface area (TPSA) is 61.5 Å². The van der Waals surface area contributed by atoms with E-state index in [9.17, 15) is 4.79 Å². The molecule has 0 radical (unpaired) electrons. The molecule has 1 aromatic rings. The molecule has 4 heteroatoms. The predicted octanol–water partition coefficient (Wildman–Crippen LogP) is 1.77. The zero-order valence-electron chi connectivity index (χ0n) is 11.0. The van der Waals surface area contributed by atoms with Crippen LogP contribution in [0.4, 0.5) is 0 Å². The van der Waals surface area contributed by atoms with Gasteiger partial charge in [-0.2, -0.15) is 0 Å². The van der Waals surface area contributed by atoms with Crippen molar-refractivity contribution in [1.29, 1.82) is 0 Å². The Labute approximate surface area is 108 Å². The number of esters is 1. The van der Waals surface area contributed by atoms with Gasteiger partial charge in [-0.05, 0) is 30.5 Å². The van der Waals surface area contributed by atoms with E-state index < -0.39 is 0 Å². The van der Waals surface area contributed by atoms with Gasteiger partial charge in [-0.1, -0.05) is 19.1 Å². The van der Waals surface area contributed by atoms with Gasteiger partial charge in [0.2, 0.25) is 0 Å². The third-order valence-corrected chi connectivity index (χ3v) is 2.70. The Morgan fingerprint density at radius 2 is 2.00 bits per heavy atom. The van der Waals surface area contributed by atoms with Gasteiger partial charge >= 0.3 is 5.97 Å². The van der Waals surface area contributed by atoms with Gasteiger partial charge in [0.05, 0.1) is 19.6 Å². The molecule has 1 atom stereocenters. The number of hydrogen-bond donors (Lipinski definition) is 1. The molecule has 0 aliphatic heterocycles. The summed E-state index contributed by atoms with van der Waals surface area (Å²) >= 11 is 0. The molecule has 0 amide bonds. The zero-order valence-corrected chi connectivity index (χ0v) is 11.0. The second kappa shape index (κ2) is 7.71. The molecule has 0 aliphatic carbocycles. The number of hydrogen-bond acceptors (Lipinski definition) is 4. The van der Waals surface area contributed by atoms with Gasteiger partial charge in [-0.3, -0.25) is 4.79 Å². The van der Waals surface area contributed by atoms with E-state index in [0.717, 1.165) is 17.7 Å². The van der Waals surface area contributed by atoms with E-state index in [1.165, 1.54) is 7.11 Å². The number of nitrogens with two attached hydrogens (primary N) is 1. The van der Waals surface area contributed by atoms with Crippen molar-refractivity contribution in [2.24, 2.45) is 11.7 Å². The largest absolute Gasteiger partial charge is 0.494 e. The Kier molecular flexibility index (Phi) is 6.22. The lowest BCUT2D eigenvalue weighted by atomic mass is 9.99. The van der Waals surface area contributed by atoms with Crippen molar-refractivity contribution in [3.8, 4) is 5.75 Å². The van der Waals surface area contributed by atoms with Crippen LogP contribution < -0.4 is 10.5 Å². The molecule has 18 heavy (non-hydrogen) atoms. The van der Waals surface area contributed by atoms with Gasteiger partial charge in [-0.15, -0.1) is 0 Å². The molecule has 0 saturated heterocycles. The van der Waals surface area contributed by atoms with Crippen LogP contribution in [0.1, 0.15) is 18.9 Å². The molecular weight excluding hydrogens is 230 g/mol. The van der Waals surface area contributed by atoms with E-state index in [0.29, 0.717) is 19.6 Å². The lowest BCUT2D eigenvalue weighted by molar-refractivity contribution is -0.145. The van der Waals surface area contributed by atoms with Crippen LogP contribution in [0, 0.1) is 5.92 Å². The molecule has 0 spiro atoms. The summed E-state index contributed by atoms with van der Waals surface area (Å²) in [6.45, 7) is 3.07. The molecule has 1 unspecified atom stereocenters. The summed E-state index contributed by atoms with van der Waals surface area (Å²) in [6, 6.07) is 7.74. The summed E-state index contributed by atoms with van der Waals surface area (Å²) in [5.41, 5.74) is 6.62. The molecule has 0 aliphatic rings. The van der Waals surface area contributed by atoms with E-state index in [1.54, 1.807) is 0 Å². The molecule has 0 saturated carbocycles. The molecule has 100 valence electrons. The van der Waals surface area contributed by atoms with Gasteiger partial charge in [-0.25, -0.2) is 0 Å². The van der Waals surface area contributed by atoms with Gasteiger partial charge in [0.15, 0.2) is 0 Å². The third-order valence-electron chi connectivity index (χ3n) is 2.70. The number of carbonyl (C=O) groups is 1. The van der Waals surface area contributed by atoms with Crippen LogP contribution in [0.15, 0.2) is 24.3 Å². The van der Waals surface area contributed by atoms with Gasteiger partial charge in [0.1, 0.15) is 5.75 Å². The van der Waals surface area contributed by atoms with E-state index in [4.69, 9.17) is 15.2 Å². The maximum atomic E-state index is 11.4. The third kappa shape index (κ3) is 4.37. The number of rotatable bonds is 7. The van der Waals surface area contributed by atoms with Crippen LogP contribution in [-0.4, -0.2) is 26.2 Å². The van der Waals surface area contributed by atoms with Gasteiger partial charge < -0.3 is 15.2 Å². The fraction of sp³-hybridized carbons (Fsp3) is 0.500. The Morgan fingerprint density at radius 3 is 2.50 bits per heavy atom. The minimum Gasteiger partial charge on any atom is -0.494 e. The number of benzene rings is 1. The SMILES string of the molecule is CCCOc1ccc(CC(CN)C(=O)OC)cc1. The first-order chi connectivity index (χ1) is 8.71. The summed E-state index contributed by atoms with van der Waals surface area (Å²) in [5, 5.41) is 0. The fourth-order valence-electron chi connectivity index (χ4n) is 1.66. The molecule has 4 nitrogen and oxygen atoms in total. The van der Waals surface area contributed by atoms with Crippen molar-refractivity contribution in [3.05, 3.63) is 29.8 Å². The summed E-state index contributed by atoms with van der Waals surface area (Å²) in [6.07, 6.45) is 1.58. The van der Waals surface area contributed by atoms with Crippen molar-refractivity contribution < 1.29 is 14.3 Å². The monoisotopic (exact) mass is 251 g/mol. The van der Waals surface area contributed by atoms with E-state index in [2.05, 4.69) is 6.92 Å². The average Bonchev–Trinajstić information content (AvgIpc) is 2.43. The number of ether oxygens (including phenoxy) is 2. The summed E-state index contributed by atoms with van der Waals surface area (Å²) in [7, 11) is 1.38. The molecule has 1 rings (SSSR count). The van der Waals surface area contributed by atoms with E-state index in [-0.39, 0.29) is 11.9 Å². The maximum Gasteiger partial charge on any atom is 0.310 e. The van der Waals surface area contributed by atoms with Crippen molar-refractivity contribution in [1.82, 2.24) is 0 Å². The predicted molar refractivity (Wildman–Crippen MR) is 70.5 cm³/mol. The van der Waals surface area contributed by atoms with Crippen molar-refractivity contribution in [2.75, 3.05) is 20.3 Å². The van der Waals surface area contributed by atoms with Gasteiger partial charge in [0, 0.05) is 6.54 Å². The van der Waals surface area contributed by atoms with E-state index in [1.807, 2.05) is 24.3 Å². The van der Waals surface area contributed by atoms with Crippen LogP contribution in [0.2, 0.25) is 0 Å². The van der Waals surface area contributed by atoms with Crippen LogP contribution in [0.3, 0.4) is 0 Å². The lowest BCUT2D eigenvalue weighted by Gasteiger charge is -2.12. The number of carbonyl (C=O) groups excluding carboxylic acids is 1. The quantitative estimate of drug-likeness (QED) is 0.750. The minimum absolute atomic E-state index is 0.260. The Balaban J connectivity index is 2.59. The normalized spacial score (nSPS) is 11.9. The fourth-order valence-corrected chi connectivity index (χ4v) is 1.66. The lowest BCUT2D eigenvalue weighted by Crippen LogP contribution is -2.26. The van der Waals surface area contributed by atoms with Gasteiger partial charge in [0.25, 0.3) is 0 Å². The molecule has 0 fully saturated rings. The highest BCUT2D eigenvalue weighted by Gasteiger charge is 2.17. The highest BCUT2D eigenvalue weighted by atomic mass is 16.5. The first-order valence-corrected chi connectivity index (χ1v) is 6.20. The highest BCUT2D eigenvalue weighted by Crippen LogP contribution is 2.15. The Bertz CT molecular complexity index is 362. The Hall–Kier alpha value is -1.55. The van der Waals surface area contributed by atoms with Crippen LogP contribution >= 0.6 is 0 Å². The summed E-state index contributed by atoms with van der Waals surface area (Å²) in [5.74, 6) is 0.309. The number of methoxy groups -OCH3 is 1. The first-order valence-electron chi connectivity index (χ1n) is 6.20. The summed E-state index contributed by atoms with van der Waals surface area (Å²) < 4.78 is 10.2. The smallest absolute Gasteiger partial charge is 0.310 e. The highest BCUT2D eigenvalue weighted by molar-refractivity contribution is 5.72. The molecular formula is C14H21NO3. The Morgan fingerprint density at radius 1 is 1.33 bits per heavy atom. The van der Waals surface area contributed by atoms with Crippen molar-refractivity contribution in [2.45, 2.75) is 19.8 Å². The van der Waals surface area contributed by atoms with E-state index >= 15 is 0 Å². The summed E-state index contributed by atoms with van der Waals surface area (Å²) in [4.78, 5) is 11.4. The standard InChI is InChI=1S/C14H21NO3/c1-3-8-18-13-6-4-11(5-7-13)9-12(10-15)14(16)17-2/h4-7,12H,3,8-10,15H2,1-2H3. The maximum absolute atomic E-state index is 11.4. The first kappa shape index (κ1) is 14.5. The van der Waals surface area contributed by atoms with Crippen molar-refractivity contribution in [3.63, 3.8) is 0 Å². The van der Waals surface area contributed by atoms with Crippen LogP contribution in [0.25, 0.3) is 0 Å². The zero-order chi connectivity index (χ0) is 13.4. The molecule has 0 bridgehead atoms.